The van der Waals surface area contributed by atoms with Crippen LogP contribution >= 0.6 is 34.8 Å². The lowest BCUT2D eigenvalue weighted by Crippen LogP contribution is -2.48. The Morgan fingerprint density at radius 2 is 1.67 bits per heavy atom. The van der Waals surface area contributed by atoms with E-state index in [4.69, 9.17) is 34.8 Å². The zero-order chi connectivity index (χ0) is 26.0. The average Bonchev–Trinajstić information content (AvgIpc) is 3.16. The predicted molar refractivity (Wildman–Crippen MR) is 144 cm³/mol. The Balaban J connectivity index is 1.60. The fraction of sp³-hybridized carbons (Fsp3) is 0.346. The van der Waals surface area contributed by atoms with Gasteiger partial charge in [-0.05, 0) is 64.2 Å². The van der Waals surface area contributed by atoms with Crippen LogP contribution in [0.25, 0.3) is 16.9 Å². The molecule has 3 aromatic rings. The molecule has 0 unspecified atom stereocenters. The highest BCUT2D eigenvalue weighted by Crippen LogP contribution is 2.33. The van der Waals surface area contributed by atoms with E-state index in [-0.39, 0.29) is 17.9 Å². The van der Waals surface area contributed by atoms with E-state index in [1.54, 1.807) is 35.0 Å². The van der Waals surface area contributed by atoms with Crippen molar-refractivity contribution in [3.63, 3.8) is 0 Å². The highest BCUT2D eigenvalue weighted by molar-refractivity contribution is 6.35. The van der Waals surface area contributed by atoms with Crippen molar-refractivity contribution in [1.82, 2.24) is 24.9 Å². The fourth-order valence-corrected chi connectivity index (χ4v) is 5.00. The van der Waals surface area contributed by atoms with Crippen LogP contribution in [0.3, 0.4) is 0 Å². The van der Waals surface area contributed by atoms with E-state index in [9.17, 15) is 9.59 Å². The Hall–Kier alpha value is -2.58. The van der Waals surface area contributed by atoms with Gasteiger partial charge in [-0.2, -0.15) is 5.10 Å². The van der Waals surface area contributed by atoms with Crippen LogP contribution in [-0.2, 0) is 4.79 Å². The summed E-state index contributed by atoms with van der Waals surface area (Å²) < 4.78 is 1.68. The first-order chi connectivity index (χ1) is 17.1. The first-order valence-corrected chi connectivity index (χ1v) is 12.8. The number of carbonyl (C=O) groups is 2. The van der Waals surface area contributed by atoms with Crippen LogP contribution in [0.1, 0.15) is 28.9 Å². The molecule has 1 N–H and O–H groups in total. The van der Waals surface area contributed by atoms with Gasteiger partial charge in [-0.3, -0.25) is 9.59 Å². The standard InChI is InChI=1S/C26H28Cl3N5O2/c1-16-24(26(36)30-20-10-12-33(13-11-20)23(35)15-32(2)3)31-34(22-9-8-19(28)14-21(22)29)25(16)17-4-6-18(27)7-5-17/h4-9,14,20H,10-13,15H2,1-3H3,(H,30,36). The molecule has 0 atom stereocenters. The lowest BCUT2D eigenvalue weighted by Gasteiger charge is -2.33. The molecule has 2 aromatic carbocycles. The van der Waals surface area contributed by atoms with E-state index in [0.29, 0.717) is 58.9 Å². The van der Waals surface area contributed by atoms with Crippen LogP contribution in [0, 0.1) is 6.92 Å². The molecule has 4 rings (SSSR count). The molecule has 190 valence electrons. The molecule has 1 saturated heterocycles. The normalized spacial score (nSPS) is 14.4. The van der Waals surface area contributed by atoms with Crippen molar-refractivity contribution in [2.24, 2.45) is 0 Å². The largest absolute Gasteiger partial charge is 0.348 e. The quantitative estimate of drug-likeness (QED) is 0.466. The molecule has 1 aliphatic heterocycles. The number of aromatic nitrogens is 2. The van der Waals surface area contributed by atoms with Crippen molar-refractivity contribution >= 4 is 46.6 Å². The van der Waals surface area contributed by atoms with Crippen LogP contribution in [0.5, 0.6) is 0 Å². The topological polar surface area (TPSA) is 70.5 Å². The first-order valence-electron chi connectivity index (χ1n) is 11.7. The number of likely N-dealkylation sites (N-methyl/N-ethyl adjacent to an activating group) is 1. The molecule has 0 spiro atoms. The zero-order valence-corrected chi connectivity index (χ0v) is 22.7. The molecule has 1 fully saturated rings. The van der Waals surface area contributed by atoms with Crippen molar-refractivity contribution in [3.8, 4) is 16.9 Å². The second-order valence-electron chi connectivity index (χ2n) is 9.20. The summed E-state index contributed by atoms with van der Waals surface area (Å²) >= 11 is 18.7. The number of likely N-dealkylation sites (tertiary alicyclic amines) is 1. The van der Waals surface area contributed by atoms with E-state index in [0.717, 1.165) is 16.8 Å². The van der Waals surface area contributed by atoms with Gasteiger partial charge in [-0.25, -0.2) is 4.68 Å². The Kier molecular flexibility index (Phi) is 8.25. The summed E-state index contributed by atoms with van der Waals surface area (Å²) in [5.41, 5.74) is 3.24. The highest BCUT2D eigenvalue weighted by atomic mass is 35.5. The molecular formula is C26H28Cl3N5O2. The van der Waals surface area contributed by atoms with Crippen LogP contribution in [0.2, 0.25) is 15.1 Å². The maximum Gasteiger partial charge on any atom is 0.272 e. The lowest BCUT2D eigenvalue weighted by molar-refractivity contribution is -0.132. The number of hydrogen-bond donors (Lipinski definition) is 1. The summed E-state index contributed by atoms with van der Waals surface area (Å²) in [7, 11) is 3.75. The molecule has 2 amide bonds. The lowest BCUT2D eigenvalue weighted by atomic mass is 10.0. The van der Waals surface area contributed by atoms with Crippen molar-refractivity contribution in [1.29, 1.82) is 0 Å². The first kappa shape index (κ1) is 26.5. The number of amides is 2. The van der Waals surface area contributed by atoms with Crippen molar-refractivity contribution in [2.75, 3.05) is 33.7 Å². The Morgan fingerprint density at radius 1 is 1.03 bits per heavy atom. The van der Waals surface area contributed by atoms with Crippen LogP contribution in [-0.4, -0.2) is 71.2 Å². The van der Waals surface area contributed by atoms with E-state index >= 15 is 0 Å². The van der Waals surface area contributed by atoms with Crippen LogP contribution in [0.15, 0.2) is 42.5 Å². The van der Waals surface area contributed by atoms with Gasteiger partial charge in [0.25, 0.3) is 5.91 Å². The van der Waals surface area contributed by atoms with Crippen LogP contribution < -0.4 is 5.32 Å². The van der Waals surface area contributed by atoms with E-state index in [1.807, 2.05) is 43.0 Å². The average molecular weight is 549 g/mol. The maximum atomic E-state index is 13.4. The van der Waals surface area contributed by atoms with Crippen molar-refractivity contribution in [3.05, 3.63) is 68.8 Å². The zero-order valence-electron chi connectivity index (χ0n) is 20.4. The second-order valence-corrected chi connectivity index (χ2v) is 10.5. The molecule has 0 radical (unpaired) electrons. The fourth-order valence-electron chi connectivity index (χ4n) is 4.38. The summed E-state index contributed by atoms with van der Waals surface area (Å²) in [4.78, 5) is 29.4. The van der Waals surface area contributed by atoms with Crippen LogP contribution in [0.4, 0.5) is 0 Å². The molecule has 36 heavy (non-hydrogen) atoms. The predicted octanol–water partition coefficient (Wildman–Crippen LogP) is 5.09. The van der Waals surface area contributed by atoms with Gasteiger partial charge in [0.05, 0.1) is 22.9 Å². The minimum atomic E-state index is -0.260. The van der Waals surface area contributed by atoms with E-state index in [2.05, 4.69) is 10.4 Å². The van der Waals surface area contributed by atoms with E-state index < -0.39 is 0 Å². The Labute approximate surface area is 225 Å². The third-order valence-corrected chi connectivity index (χ3v) is 7.02. The number of carbonyl (C=O) groups excluding carboxylic acids is 2. The SMILES string of the molecule is Cc1c(C(=O)NC2CCN(C(=O)CN(C)C)CC2)nn(-c2ccc(Cl)cc2Cl)c1-c1ccc(Cl)cc1. The summed E-state index contributed by atoms with van der Waals surface area (Å²) in [6.45, 7) is 3.48. The molecule has 0 aliphatic carbocycles. The third kappa shape index (κ3) is 5.86. The number of piperidine rings is 1. The molecule has 7 nitrogen and oxygen atoms in total. The van der Waals surface area contributed by atoms with Crippen molar-refractivity contribution in [2.45, 2.75) is 25.8 Å². The molecule has 2 heterocycles. The van der Waals surface area contributed by atoms with Gasteiger partial charge in [-0.15, -0.1) is 0 Å². The summed E-state index contributed by atoms with van der Waals surface area (Å²) in [6.07, 6.45) is 1.38. The third-order valence-electron chi connectivity index (χ3n) is 6.23. The number of nitrogens with zero attached hydrogens (tertiary/aromatic N) is 4. The van der Waals surface area contributed by atoms with Gasteiger partial charge in [0.2, 0.25) is 5.91 Å². The highest BCUT2D eigenvalue weighted by Gasteiger charge is 2.28. The monoisotopic (exact) mass is 547 g/mol. The summed E-state index contributed by atoms with van der Waals surface area (Å²) in [5, 5.41) is 9.34. The van der Waals surface area contributed by atoms with E-state index in [1.165, 1.54) is 0 Å². The molecule has 1 aromatic heterocycles. The van der Waals surface area contributed by atoms with Gasteiger partial charge in [0.1, 0.15) is 0 Å². The molecule has 0 saturated carbocycles. The summed E-state index contributed by atoms with van der Waals surface area (Å²) in [6, 6.07) is 12.5. The number of benzene rings is 2. The smallest absolute Gasteiger partial charge is 0.272 e. The van der Waals surface area contributed by atoms with Gasteiger partial charge in [0.15, 0.2) is 5.69 Å². The second kappa shape index (κ2) is 11.2. The molecule has 10 heteroatoms. The molecule has 1 aliphatic rings. The Morgan fingerprint density at radius 3 is 2.28 bits per heavy atom. The number of hydrogen-bond acceptors (Lipinski definition) is 4. The minimum absolute atomic E-state index is 0.0384. The Bertz CT molecular complexity index is 1270. The van der Waals surface area contributed by atoms with Gasteiger partial charge in [0, 0.05) is 40.3 Å². The number of nitrogens with one attached hydrogen (secondary N) is 1. The molecule has 0 bridgehead atoms. The van der Waals surface area contributed by atoms with Gasteiger partial charge in [-0.1, -0.05) is 46.9 Å². The minimum Gasteiger partial charge on any atom is -0.348 e. The molecular weight excluding hydrogens is 521 g/mol. The number of halogens is 3. The summed E-state index contributed by atoms with van der Waals surface area (Å²) in [5.74, 6) is -0.156. The number of rotatable bonds is 6. The maximum absolute atomic E-state index is 13.4. The van der Waals surface area contributed by atoms with Gasteiger partial charge >= 0.3 is 0 Å². The van der Waals surface area contributed by atoms with Gasteiger partial charge < -0.3 is 15.1 Å². The van der Waals surface area contributed by atoms with Crippen molar-refractivity contribution < 1.29 is 9.59 Å².